The molecule has 0 spiro atoms. The van der Waals surface area contributed by atoms with Crippen molar-refractivity contribution in [2.24, 2.45) is 0 Å². The summed E-state index contributed by atoms with van der Waals surface area (Å²) in [5.74, 6) is 3.25. The van der Waals surface area contributed by atoms with Crippen LogP contribution in [0.15, 0.2) is 18.2 Å². The monoisotopic (exact) mass is 252 g/mol. The van der Waals surface area contributed by atoms with Gasteiger partial charge in [0, 0.05) is 12.5 Å². The lowest BCUT2D eigenvalue weighted by molar-refractivity contribution is -0.109. The van der Waals surface area contributed by atoms with Gasteiger partial charge in [0.25, 0.3) is 0 Å². The van der Waals surface area contributed by atoms with Gasteiger partial charge >= 0.3 is 5.97 Å². The van der Waals surface area contributed by atoms with Gasteiger partial charge in [-0.05, 0) is 12.1 Å². The first-order valence-corrected chi connectivity index (χ1v) is 5.65. The number of carbonyl (C=O) groups excluding carboxylic acids is 1. The highest BCUT2D eigenvalue weighted by atomic mass is 32.2. The molecule has 0 saturated carbocycles. The lowest BCUT2D eigenvalue weighted by Crippen LogP contribution is -2.03. The Hall–Kier alpha value is -1.80. The van der Waals surface area contributed by atoms with Crippen LogP contribution < -0.4 is 0 Å². The summed E-state index contributed by atoms with van der Waals surface area (Å²) >= 11 is 1.02. The van der Waals surface area contributed by atoms with Crippen LogP contribution in [0.2, 0.25) is 0 Å². The predicted molar refractivity (Wildman–Crippen MR) is 63.4 cm³/mol. The lowest BCUT2D eigenvalue weighted by Gasteiger charge is -1.99. The summed E-state index contributed by atoms with van der Waals surface area (Å²) in [5, 5.41) is 8.75. The minimum absolute atomic E-state index is 0.0722. The molecular formula is C12H9FO3S. The van der Waals surface area contributed by atoms with Gasteiger partial charge in [-0.1, -0.05) is 29.7 Å². The quantitative estimate of drug-likeness (QED) is 0.819. The summed E-state index contributed by atoms with van der Waals surface area (Å²) in [4.78, 5) is 21.4. The van der Waals surface area contributed by atoms with Crippen molar-refractivity contribution in [3.63, 3.8) is 0 Å². The molecule has 0 aromatic heterocycles. The third kappa shape index (κ3) is 3.93. The molecule has 0 saturated heterocycles. The Bertz CT molecular complexity index is 514. The molecule has 0 radical (unpaired) electrons. The van der Waals surface area contributed by atoms with Crippen LogP contribution in [0.3, 0.4) is 0 Å². The number of halogens is 1. The summed E-state index contributed by atoms with van der Waals surface area (Å²) in [6.07, 6.45) is 0. The molecule has 0 bridgehead atoms. The van der Waals surface area contributed by atoms with E-state index in [9.17, 15) is 14.0 Å². The highest BCUT2D eigenvalue weighted by molar-refractivity contribution is 8.13. The molecule has 0 aliphatic heterocycles. The van der Waals surface area contributed by atoms with E-state index in [1.807, 2.05) is 0 Å². The molecule has 5 heteroatoms. The van der Waals surface area contributed by atoms with Gasteiger partial charge in [-0.2, -0.15) is 0 Å². The van der Waals surface area contributed by atoms with Crippen LogP contribution >= 0.6 is 11.8 Å². The SMILES string of the molecule is CC(=O)SCC#Cc1cccc(F)c1C(=O)O. The van der Waals surface area contributed by atoms with E-state index in [0.717, 1.165) is 17.8 Å². The van der Waals surface area contributed by atoms with Gasteiger partial charge in [-0.25, -0.2) is 9.18 Å². The average molecular weight is 252 g/mol. The predicted octanol–water partition coefficient (Wildman–Crippen LogP) is 2.16. The van der Waals surface area contributed by atoms with Crippen molar-refractivity contribution in [3.05, 3.63) is 35.1 Å². The minimum Gasteiger partial charge on any atom is -0.478 e. The van der Waals surface area contributed by atoms with Crippen molar-refractivity contribution in [1.82, 2.24) is 0 Å². The van der Waals surface area contributed by atoms with Crippen LogP contribution in [0.5, 0.6) is 0 Å². The Balaban J connectivity index is 2.94. The summed E-state index contributed by atoms with van der Waals surface area (Å²) < 4.78 is 13.2. The molecule has 1 N–H and O–H groups in total. The first kappa shape index (κ1) is 13.3. The zero-order valence-corrected chi connectivity index (χ0v) is 9.81. The maximum atomic E-state index is 13.2. The van der Waals surface area contributed by atoms with Crippen molar-refractivity contribution in [3.8, 4) is 11.8 Å². The molecule has 0 atom stereocenters. The van der Waals surface area contributed by atoms with E-state index in [4.69, 9.17) is 5.11 Å². The second-order valence-electron chi connectivity index (χ2n) is 3.05. The Labute approximate surface area is 102 Å². The Kier molecular flexibility index (Phi) is 4.73. The molecule has 3 nitrogen and oxygen atoms in total. The van der Waals surface area contributed by atoms with Crippen LogP contribution in [-0.2, 0) is 4.79 Å². The number of benzene rings is 1. The molecule has 0 unspecified atom stereocenters. The van der Waals surface area contributed by atoms with E-state index in [-0.39, 0.29) is 16.4 Å². The fourth-order valence-corrected chi connectivity index (χ4v) is 1.46. The summed E-state index contributed by atoms with van der Waals surface area (Å²) in [6.45, 7) is 1.41. The molecule has 0 amide bonds. The van der Waals surface area contributed by atoms with E-state index in [1.165, 1.54) is 19.1 Å². The molecule has 0 aliphatic rings. The van der Waals surface area contributed by atoms with Crippen molar-refractivity contribution in [2.75, 3.05) is 5.75 Å². The number of carbonyl (C=O) groups is 2. The summed E-state index contributed by atoms with van der Waals surface area (Å²) in [6, 6.07) is 3.89. The molecule has 1 aromatic carbocycles. The van der Waals surface area contributed by atoms with E-state index >= 15 is 0 Å². The van der Waals surface area contributed by atoms with Gasteiger partial charge < -0.3 is 5.11 Å². The van der Waals surface area contributed by atoms with Gasteiger partial charge in [0.2, 0.25) is 0 Å². The maximum Gasteiger partial charge on any atom is 0.339 e. The third-order valence-electron chi connectivity index (χ3n) is 1.80. The van der Waals surface area contributed by atoms with Gasteiger partial charge in [-0.15, -0.1) is 0 Å². The highest BCUT2D eigenvalue weighted by Crippen LogP contribution is 2.12. The van der Waals surface area contributed by atoms with Gasteiger partial charge in [-0.3, -0.25) is 4.79 Å². The Morgan fingerprint density at radius 2 is 2.18 bits per heavy atom. The maximum absolute atomic E-state index is 13.2. The number of thioether (sulfide) groups is 1. The molecule has 1 aromatic rings. The van der Waals surface area contributed by atoms with Crippen LogP contribution in [0, 0.1) is 17.7 Å². The fourth-order valence-electron chi connectivity index (χ4n) is 1.11. The van der Waals surface area contributed by atoms with Gasteiger partial charge in [0.1, 0.15) is 11.4 Å². The summed E-state index contributed by atoms with van der Waals surface area (Å²) in [5.41, 5.74) is -0.325. The highest BCUT2D eigenvalue weighted by Gasteiger charge is 2.13. The Morgan fingerprint density at radius 3 is 2.76 bits per heavy atom. The van der Waals surface area contributed by atoms with E-state index in [2.05, 4.69) is 11.8 Å². The molecule has 0 heterocycles. The van der Waals surface area contributed by atoms with E-state index in [0.29, 0.717) is 0 Å². The van der Waals surface area contributed by atoms with Crippen molar-refractivity contribution in [1.29, 1.82) is 0 Å². The first-order chi connectivity index (χ1) is 8.02. The van der Waals surface area contributed by atoms with E-state index < -0.39 is 17.3 Å². The normalized spacial score (nSPS) is 9.29. The van der Waals surface area contributed by atoms with Crippen LogP contribution in [0.1, 0.15) is 22.8 Å². The molecule has 1 rings (SSSR count). The van der Waals surface area contributed by atoms with Crippen LogP contribution in [0.25, 0.3) is 0 Å². The summed E-state index contributed by atoms with van der Waals surface area (Å²) in [7, 11) is 0. The van der Waals surface area contributed by atoms with Crippen LogP contribution in [0.4, 0.5) is 4.39 Å². The van der Waals surface area contributed by atoms with Gasteiger partial charge in [0.15, 0.2) is 5.12 Å². The number of carboxylic acids is 1. The average Bonchev–Trinajstić information content (AvgIpc) is 2.23. The molecule has 88 valence electrons. The Morgan fingerprint density at radius 1 is 1.47 bits per heavy atom. The second-order valence-corrected chi connectivity index (χ2v) is 4.20. The van der Waals surface area contributed by atoms with Crippen LogP contribution in [-0.4, -0.2) is 21.9 Å². The van der Waals surface area contributed by atoms with Crippen molar-refractivity contribution < 1.29 is 19.1 Å². The van der Waals surface area contributed by atoms with Crippen molar-refractivity contribution >= 4 is 22.8 Å². The van der Waals surface area contributed by atoms with Crippen molar-refractivity contribution in [2.45, 2.75) is 6.92 Å². The molecule has 0 fully saturated rings. The zero-order valence-electron chi connectivity index (χ0n) is 8.99. The minimum atomic E-state index is -1.35. The molecule has 17 heavy (non-hydrogen) atoms. The first-order valence-electron chi connectivity index (χ1n) is 4.66. The smallest absolute Gasteiger partial charge is 0.339 e. The van der Waals surface area contributed by atoms with E-state index in [1.54, 1.807) is 0 Å². The second kappa shape index (κ2) is 6.06. The number of rotatable bonds is 2. The topological polar surface area (TPSA) is 54.4 Å². The number of hydrogen-bond donors (Lipinski definition) is 1. The third-order valence-corrected chi connectivity index (χ3v) is 2.49. The molecule has 0 aliphatic carbocycles. The lowest BCUT2D eigenvalue weighted by atomic mass is 10.1. The number of hydrogen-bond acceptors (Lipinski definition) is 3. The standard InChI is InChI=1S/C12H9FO3S/c1-8(14)17-7-3-5-9-4-2-6-10(13)11(9)12(15)16/h2,4,6H,7H2,1H3,(H,15,16). The zero-order chi connectivity index (χ0) is 12.8. The largest absolute Gasteiger partial charge is 0.478 e. The number of aromatic carboxylic acids is 1. The van der Waals surface area contributed by atoms with Gasteiger partial charge in [0.05, 0.1) is 5.75 Å². The number of carboxylic acid groups (broad SMARTS) is 1. The fraction of sp³-hybridized carbons (Fsp3) is 0.167. The molecular weight excluding hydrogens is 243 g/mol.